The van der Waals surface area contributed by atoms with Crippen LogP contribution in [0, 0.1) is 17.8 Å². The first kappa shape index (κ1) is 44.5. The third-order valence-corrected chi connectivity index (χ3v) is 9.35. The number of allylic oxidation sites excluding steroid dienone is 4. The van der Waals surface area contributed by atoms with Gasteiger partial charge in [0, 0.05) is 25.8 Å². The number of rotatable bonds is 22. The zero-order valence-corrected chi connectivity index (χ0v) is 31.8. The summed E-state index contributed by atoms with van der Waals surface area (Å²) in [4.78, 5) is 74.3. The molecule has 13 heteroatoms. The van der Waals surface area contributed by atoms with Crippen LogP contribution in [0.1, 0.15) is 85.6 Å². The van der Waals surface area contributed by atoms with Gasteiger partial charge in [-0.2, -0.15) is 0 Å². The molecule has 1 aromatic rings. The van der Waals surface area contributed by atoms with E-state index in [1.54, 1.807) is 39.8 Å². The van der Waals surface area contributed by atoms with Crippen molar-refractivity contribution in [2.45, 2.75) is 117 Å². The Morgan fingerprint density at radius 1 is 1.04 bits per heavy atom. The van der Waals surface area contributed by atoms with Gasteiger partial charge in [-0.15, -0.1) is 0 Å². The molecule has 0 bridgehead atoms. The lowest BCUT2D eigenvalue weighted by molar-refractivity contribution is -0.156. The summed E-state index contributed by atoms with van der Waals surface area (Å²) in [7, 11) is 0. The van der Waals surface area contributed by atoms with E-state index < -0.39 is 48.1 Å². The Morgan fingerprint density at radius 3 is 2.36 bits per heavy atom. The Balaban J connectivity index is 2.11. The fourth-order valence-electron chi connectivity index (χ4n) is 6.05. The predicted molar refractivity (Wildman–Crippen MR) is 201 cm³/mol. The van der Waals surface area contributed by atoms with E-state index in [0.717, 1.165) is 0 Å². The molecule has 53 heavy (non-hydrogen) atoms. The number of ketones is 1. The van der Waals surface area contributed by atoms with E-state index in [1.807, 2.05) is 38.2 Å². The van der Waals surface area contributed by atoms with Crippen molar-refractivity contribution in [1.82, 2.24) is 21.1 Å². The average molecular weight is 739 g/mol. The quantitative estimate of drug-likeness (QED) is 0.0508. The average Bonchev–Trinajstić information content (AvgIpc) is 3.12. The molecule has 2 rings (SSSR count). The Bertz CT molecular complexity index is 1470. The lowest BCUT2D eigenvalue weighted by Gasteiger charge is -2.36. The monoisotopic (exact) mass is 738 g/mol. The number of nitrogens with one attached hydrogen (secondary N) is 3. The van der Waals surface area contributed by atoms with Gasteiger partial charge in [0.05, 0.1) is 6.10 Å². The van der Waals surface area contributed by atoms with Crippen molar-refractivity contribution in [3.8, 4) is 5.75 Å². The van der Waals surface area contributed by atoms with E-state index in [9.17, 15) is 39.0 Å². The normalized spacial score (nSPS) is 18.5. The summed E-state index contributed by atoms with van der Waals surface area (Å²) in [6.07, 6.45) is 11.4. The number of esters is 1. The molecule has 5 N–H and O–H groups in total. The van der Waals surface area contributed by atoms with E-state index in [-0.39, 0.29) is 48.7 Å². The van der Waals surface area contributed by atoms with Crippen LogP contribution in [0.25, 0.3) is 0 Å². The number of hydrogen-bond donors (Lipinski definition) is 5. The number of ether oxygens (including phenoxy) is 1. The van der Waals surface area contributed by atoms with Gasteiger partial charge in [-0.1, -0.05) is 64.1 Å². The minimum Gasteiger partial charge on any atom is -0.508 e. The number of aldehydes is 1. The van der Waals surface area contributed by atoms with Crippen LogP contribution in [0.15, 0.2) is 60.2 Å². The van der Waals surface area contributed by atoms with E-state index in [2.05, 4.69) is 16.1 Å². The maximum Gasteiger partial charge on any atom is 0.325 e. The molecule has 0 aromatic heterocycles. The van der Waals surface area contributed by atoms with Gasteiger partial charge in [0.1, 0.15) is 42.0 Å². The van der Waals surface area contributed by atoms with Crippen molar-refractivity contribution in [1.29, 1.82) is 0 Å². The molecule has 1 saturated heterocycles. The summed E-state index contributed by atoms with van der Waals surface area (Å²) in [5.41, 5.74) is 4.09. The third kappa shape index (κ3) is 15.5. The molecule has 3 amide bonds. The summed E-state index contributed by atoms with van der Waals surface area (Å²) < 4.78 is 5.86. The number of benzene rings is 1. The Kier molecular flexibility index (Phi) is 19.4. The molecule has 0 radical (unpaired) electrons. The molecular formula is C40H58N4O9. The highest BCUT2D eigenvalue weighted by molar-refractivity contribution is 5.91. The number of nitrogens with zero attached hydrogens (tertiary/aromatic N) is 1. The zero-order valence-electron chi connectivity index (χ0n) is 31.8. The second-order valence-electron chi connectivity index (χ2n) is 14.2. The summed E-state index contributed by atoms with van der Waals surface area (Å²) in [5, 5.41) is 27.1. The highest BCUT2D eigenvalue weighted by Crippen LogP contribution is 2.22. The van der Waals surface area contributed by atoms with Gasteiger partial charge in [-0.05, 0) is 86.6 Å². The third-order valence-electron chi connectivity index (χ3n) is 9.35. The predicted octanol–water partition coefficient (Wildman–Crippen LogP) is 3.64. The Morgan fingerprint density at radius 2 is 1.74 bits per heavy atom. The first-order valence-corrected chi connectivity index (χ1v) is 18.3. The molecule has 0 aliphatic carbocycles. The van der Waals surface area contributed by atoms with Crippen molar-refractivity contribution in [2.24, 2.45) is 17.8 Å². The zero-order chi connectivity index (χ0) is 39.5. The van der Waals surface area contributed by atoms with E-state index in [1.165, 1.54) is 23.2 Å². The topological polar surface area (TPSA) is 191 Å². The highest BCUT2D eigenvalue weighted by atomic mass is 16.5. The molecule has 1 aromatic carbocycles. The second kappa shape index (κ2) is 23.1. The van der Waals surface area contributed by atoms with E-state index in [0.29, 0.717) is 55.9 Å². The van der Waals surface area contributed by atoms with Gasteiger partial charge < -0.3 is 30.4 Å². The number of amides is 3. The largest absolute Gasteiger partial charge is 0.508 e. The minimum absolute atomic E-state index is 0.00121. The number of carbonyl (C=O) groups is 6. The summed E-state index contributed by atoms with van der Waals surface area (Å²) in [5.74, 6) is -1.83. The number of phenolic OH excluding ortho intramolecular Hbond substituents is 1. The number of hydrazine groups is 1. The van der Waals surface area contributed by atoms with Crippen LogP contribution >= 0.6 is 0 Å². The fourth-order valence-corrected chi connectivity index (χ4v) is 6.05. The number of phenols is 1. The highest BCUT2D eigenvalue weighted by Gasteiger charge is 2.35. The standard InChI is InChI=1S/C40H58N4O9/c1-26(2)36(41-25-46)38(50)42-34(24-31-14-11-15-32(48)23-31)39(51)44-21-12-16-33(43-44)40(52)53-35(27(3)20-22-45)17-10-8-7-9-13-28(4)37(49)29(5)18-19-30(6)47/h7-11,14-15,20,22-23,25-26,28-29,33-37,43,48-49H,12-13,16-19,21,24H2,1-6H3,(H,41,46)(H,42,50)/b9-7+,10-8+,27-20+/t28?,29?,33?,34?,35-,36?,37?/m0/s1. The molecule has 1 aliphatic heterocycles. The first-order chi connectivity index (χ1) is 25.2. The molecule has 7 atom stereocenters. The van der Waals surface area contributed by atoms with Crippen LogP contribution in [0.4, 0.5) is 0 Å². The van der Waals surface area contributed by atoms with Crippen molar-refractivity contribution < 1.29 is 43.7 Å². The molecule has 1 heterocycles. The lowest BCUT2D eigenvalue weighted by atomic mass is 9.88. The second-order valence-corrected chi connectivity index (χ2v) is 14.2. The van der Waals surface area contributed by atoms with Crippen LogP contribution in [0.3, 0.4) is 0 Å². The molecule has 6 unspecified atom stereocenters. The number of aliphatic hydroxyl groups is 1. The molecule has 292 valence electrons. The maximum absolute atomic E-state index is 13.9. The molecular weight excluding hydrogens is 680 g/mol. The molecule has 0 saturated carbocycles. The fraction of sp³-hybridized carbons (Fsp3) is 0.550. The van der Waals surface area contributed by atoms with Crippen molar-refractivity contribution in [3.63, 3.8) is 0 Å². The first-order valence-electron chi connectivity index (χ1n) is 18.3. The number of aromatic hydroxyl groups is 1. The maximum atomic E-state index is 13.9. The van der Waals surface area contributed by atoms with Crippen molar-refractivity contribution in [3.05, 3.63) is 65.8 Å². The van der Waals surface area contributed by atoms with Crippen LogP contribution in [0.5, 0.6) is 5.75 Å². The minimum atomic E-state index is -1.09. The number of hydrogen-bond acceptors (Lipinski definition) is 10. The van der Waals surface area contributed by atoms with Gasteiger partial charge in [0.2, 0.25) is 12.3 Å². The molecule has 13 nitrogen and oxygen atoms in total. The molecule has 1 fully saturated rings. The van der Waals surface area contributed by atoms with Crippen molar-refractivity contribution >= 4 is 36.3 Å². The van der Waals surface area contributed by atoms with E-state index >= 15 is 0 Å². The van der Waals surface area contributed by atoms with Crippen molar-refractivity contribution in [2.75, 3.05) is 6.54 Å². The van der Waals surface area contributed by atoms with Gasteiger partial charge in [-0.3, -0.25) is 29.0 Å². The smallest absolute Gasteiger partial charge is 0.325 e. The summed E-state index contributed by atoms with van der Waals surface area (Å²) >= 11 is 0. The number of aliphatic hydroxyl groups excluding tert-OH is 1. The van der Waals surface area contributed by atoms with Crippen LogP contribution in [-0.4, -0.2) is 88.4 Å². The van der Waals surface area contributed by atoms with Gasteiger partial charge in [-0.25, -0.2) is 5.43 Å². The summed E-state index contributed by atoms with van der Waals surface area (Å²) in [6.45, 7) is 10.9. The Hall–Kier alpha value is -4.62. The number of Topliss-reactive ketones (excluding diaryl/α,β-unsaturated/α-hetero) is 1. The summed E-state index contributed by atoms with van der Waals surface area (Å²) in [6, 6.07) is 3.46. The van der Waals surface area contributed by atoms with E-state index in [4.69, 9.17) is 4.74 Å². The van der Waals surface area contributed by atoms with Crippen LogP contribution in [-0.2, 0) is 39.9 Å². The Labute approximate surface area is 313 Å². The number of carbonyl (C=O) groups excluding carboxylic acids is 6. The SMILES string of the molecule is CC(=O)CCC(C)C(O)C(C)C/C=C/C=C/C[C@H](OC(=O)C1CCCN(C(=O)C(Cc2cccc(O)c2)NC(=O)C(NC=O)C(C)C)N1)/C(C)=C/C=O. The van der Waals surface area contributed by atoms with Gasteiger partial charge in [0.15, 0.2) is 0 Å². The molecule has 1 aliphatic rings. The van der Waals surface area contributed by atoms with Crippen LogP contribution < -0.4 is 16.1 Å². The van der Waals surface area contributed by atoms with Gasteiger partial charge in [0.25, 0.3) is 5.91 Å². The molecule has 0 spiro atoms. The lowest BCUT2D eigenvalue weighted by Crippen LogP contribution is -2.62. The van der Waals surface area contributed by atoms with Gasteiger partial charge >= 0.3 is 5.97 Å². The van der Waals surface area contributed by atoms with Crippen LogP contribution in [0.2, 0.25) is 0 Å².